The van der Waals surface area contributed by atoms with E-state index in [4.69, 9.17) is 0 Å². The molecule has 1 heterocycles. The fourth-order valence-corrected chi connectivity index (χ4v) is 4.71. The van der Waals surface area contributed by atoms with Gasteiger partial charge in [-0.2, -0.15) is 0 Å². The second-order valence-corrected chi connectivity index (χ2v) is 9.51. The van der Waals surface area contributed by atoms with Crippen LogP contribution in [0.1, 0.15) is 50.5 Å². The van der Waals surface area contributed by atoms with Crippen LogP contribution < -0.4 is 16.0 Å². The highest BCUT2D eigenvalue weighted by Crippen LogP contribution is 2.18. The molecular formula is C23H34N4O3S. The van der Waals surface area contributed by atoms with Crippen molar-refractivity contribution >= 4 is 35.3 Å². The SMILES string of the molecule is Cc1ccc(NC(=O)CSCC(=O)NC2CCN(C(=O)NC3CCCCC3)CC2)cc1. The summed E-state index contributed by atoms with van der Waals surface area (Å²) in [4.78, 5) is 38.5. The number of piperidine rings is 1. The van der Waals surface area contributed by atoms with Crippen LogP contribution in [0.15, 0.2) is 24.3 Å². The Balaban J connectivity index is 1.27. The molecule has 1 aromatic rings. The van der Waals surface area contributed by atoms with Gasteiger partial charge in [0.15, 0.2) is 0 Å². The minimum Gasteiger partial charge on any atom is -0.353 e. The number of hydrogen-bond donors (Lipinski definition) is 3. The van der Waals surface area contributed by atoms with Gasteiger partial charge in [-0.3, -0.25) is 9.59 Å². The van der Waals surface area contributed by atoms with Gasteiger partial charge in [0.2, 0.25) is 11.8 Å². The lowest BCUT2D eigenvalue weighted by atomic mass is 9.95. The van der Waals surface area contributed by atoms with E-state index >= 15 is 0 Å². The number of nitrogens with one attached hydrogen (secondary N) is 3. The summed E-state index contributed by atoms with van der Waals surface area (Å²) in [5.74, 6) is 0.322. The zero-order valence-electron chi connectivity index (χ0n) is 18.3. The molecule has 3 rings (SSSR count). The summed E-state index contributed by atoms with van der Waals surface area (Å²) in [6, 6.07) is 8.07. The van der Waals surface area contributed by atoms with E-state index in [2.05, 4.69) is 16.0 Å². The van der Waals surface area contributed by atoms with Crippen LogP contribution in [0.4, 0.5) is 10.5 Å². The number of rotatable bonds is 7. The van der Waals surface area contributed by atoms with Gasteiger partial charge >= 0.3 is 6.03 Å². The predicted molar refractivity (Wildman–Crippen MR) is 125 cm³/mol. The number of carbonyl (C=O) groups is 3. The van der Waals surface area contributed by atoms with Crippen LogP contribution in [0.2, 0.25) is 0 Å². The standard InChI is InChI=1S/C23H34N4O3S/c1-17-7-9-19(10-8-17)24-21(28)15-31-16-22(29)25-20-11-13-27(14-12-20)23(30)26-18-5-3-2-4-6-18/h7-10,18,20H,2-6,11-16H2,1H3,(H,24,28)(H,25,29)(H,26,30). The van der Waals surface area contributed by atoms with Crippen molar-refractivity contribution in [2.24, 2.45) is 0 Å². The second kappa shape index (κ2) is 12.0. The summed E-state index contributed by atoms with van der Waals surface area (Å²) in [6.07, 6.45) is 7.37. The number of amides is 4. The second-order valence-electron chi connectivity index (χ2n) is 8.52. The van der Waals surface area contributed by atoms with E-state index in [1.54, 1.807) is 0 Å². The Hall–Kier alpha value is -2.22. The van der Waals surface area contributed by atoms with Crippen molar-refractivity contribution in [3.8, 4) is 0 Å². The summed E-state index contributed by atoms with van der Waals surface area (Å²) in [6.45, 7) is 3.32. The van der Waals surface area contributed by atoms with Crippen LogP contribution in [-0.4, -0.2) is 59.4 Å². The summed E-state index contributed by atoms with van der Waals surface area (Å²) in [5.41, 5.74) is 1.90. The number of benzene rings is 1. The molecule has 0 bridgehead atoms. The Morgan fingerprint density at radius 2 is 1.48 bits per heavy atom. The first-order valence-electron chi connectivity index (χ1n) is 11.3. The van der Waals surface area contributed by atoms with Gasteiger partial charge in [0.05, 0.1) is 11.5 Å². The molecule has 1 saturated carbocycles. The summed E-state index contributed by atoms with van der Waals surface area (Å²) in [5, 5.41) is 9.03. The van der Waals surface area contributed by atoms with Gasteiger partial charge in [0, 0.05) is 30.9 Å². The van der Waals surface area contributed by atoms with Gasteiger partial charge in [-0.1, -0.05) is 37.0 Å². The minimum absolute atomic E-state index is 0.0341. The van der Waals surface area contributed by atoms with Crippen LogP contribution in [0.25, 0.3) is 0 Å². The van der Waals surface area contributed by atoms with Gasteiger partial charge in [0.1, 0.15) is 0 Å². The number of aryl methyl sites for hydroxylation is 1. The summed E-state index contributed by atoms with van der Waals surface area (Å²) in [7, 11) is 0. The van der Waals surface area contributed by atoms with E-state index in [0.717, 1.165) is 36.9 Å². The average Bonchev–Trinajstić information content (AvgIpc) is 2.76. The number of carbonyl (C=O) groups excluding carboxylic acids is 3. The molecule has 4 amide bonds. The summed E-state index contributed by atoms with van der Waals surface area (Å²) >= 11 is 1.31. The molecule has 31 heavy (non-hydrogen) atoms. The van der Waals surface area contributed by atoms with E-state index in [0.29, 0.717) is 19.1 Å². The molecule has 0 spiro atoms. The van der Waals surface area contributed by atoms with Crippen LogP contribution in [0, 0.1) is 6.92 Å². The Labute approximate surface area is 189 Å². The van der Waals surface area contributed by atoms with Crippen LogP contribution in [-0.2, 0) is 9.59 Å². The minimum atomic E-state index is -0.112. The van der Waals surface area contributed by atoms with E-state index in [9.17, 15) is 14.4 Å². The van der Waals surface area contributed by atoms with Crippen molar-refractivity contribution < 1.29 is 14.4 Å². The Morgan fingerprint density at radius 1 is 0.871 bits per heavy atom. The molecular weight excluding hydrogens is 412 g/mol. The molecule has 0 unspecified atom stereocenters. The molecule has 1 saturated heterocycles. The van der Waals surface area contributed by atoms with Gasteiger partial charge in [-0.15, -0.1) is 11.8 Å². The Morgan fingerprint density at radius 3 is 2.16 bits per heavy atom. The fourth-order valence-electron chi connectivity index (χ4n) is 4.08. The molecule has 1 aliphatic carbocycles. The van der Waals surface area contributed by atoms with Gasteiger partial charge < -0.3 is 20.9 Å². The van der Waals surface area contributed by atoms with Crippen molar-refractivity contribution in [1.29, 1.82) is 0 Å². The monoisotopic (exact) mass is 446 g/mol. The first kappa shape index (κ1) is 23.4. The summed E-state index contributed by atoms with van der Waals surface area (Å²) < 4.78 is 0. The van der Waals surface area contributed by atoms with Crippen LogP contribution >= 0.6 is 11.8 Å². The smallest absolute Gasteiger partial charge is 0.317 e. The number of hydrogen-bond acceptors (Lipinski definition) is 4. The molecule has 3 N–H and O–H groups in total. The Kier molecular flexibility index (Phi) is 9.06. The molecule has 0 atom stereocenters. The first-order chi connectivity index (χ1) is 15.0. The highest BCUT2D eigenvalue weighted by molar-refractivity contribution is 8.00. The molecule has 1 aliphatic heterocycles. The van der Waals surface area contributed by atoms with E-state index < -0.39 is 0 Å². The molecule has 2 aliphatic rings. The normalized spacial score (nSPS) is 17.8. The Bertz CT molecular complexity index is 742. The highest BCUT2D eigenvalue weighted by Gasteiger charge is 2.25. The third-order valence-corrected chi connectivity index (χ3v) is 6.81. The lowest BCUT2D eigenvalue weighted by Crippen LogP contribution is -2.51. The quantitative estimate of drug-likeness (QED) is 0.599. The average molecular weight is 447 g/mol. The number of nitrogens with zero attached hydrogens (tertiary/aromatic N) is 1. The van der Waals surface area contributed by atoms with Crippen molar-refractivity contribution in [3.05, 3.63) is 29.8 Å². The molecule has 0 radical (unpaired) electrons. The number of thioether (sulfide) groups is 1. The lowest BCUT2D eigenvalue weighted by molar-refractivity contribution is -0.119. The number of urea groups is 1. The molecule has 2 fully saturated rings. The van der Waals surface area contributed by atoms with Crippen molar-refractivity contribution in [2.45, 2.75) is 64.0 Å². The van der Waals surface area contributed by atoms with Gasteiger partial charge in [0.25, 0.3) is 0 Å². The molecule has 1 aromatic carbocycles. The predicted octanol–water partition coefficient (Wildman–Crippen LogP) is 3.29. The van der Waals surface area contributed by atoms with Crippen LogP contribution in [0.5, 0.6) is 0 Å². The zero-order valence-corrected chi connectivity index (χ0v) is 19.1. The highest BCUT2D eigenvalue weighted by atomic mass is 32.2. The molecule has 0 aromatic heterocycles. The van der Waals surface area contributed by atoms with Gasteiger partial charge in [-0.25, -0.2) is 4.79 Å². The third-order valence-electron chi connectivity index (χ3n) is 5.88. The van der Waals surface area contributed by atoms with Crippen molar-refractivity contribution in [3.63, 3.8) is 0 Å². The van der Waals surface area contributed by atoms with E-state index in [1.807, 2.05) is 36.1 Å². The van der Waals surface area contributed by atoms with Crippen molar-refractivity contribution in [2.75, 3.05) is 29.9 Å². The van der Waals surface area contributed by atoms with E-state index in [-0.39, 0.29) is 35.4 Å². The zero-order chi connectivity index (χ0) is 22.1. The topological polar surface area (TPSA) is 90.5 Å². The van der Waals surface area contributed by atoms with Crippen LogP contribution in [0.3, 0.4) is 0 Å². The van der Waals surface area contributed by atoms with Gasteiger partial charge in [-0.05, 0) is 44.7 Å². The molecule has 7 nitrogen and oxygen atoms in total. The largest absolute Gasteiger partial charge is 0.353 e. The maximum Gasteiger partial charge on any atom is 0.317 e. The maximum atomic E-state index is 12.4. The first-order valence-corrected chi connectivity index (χ1v) is 12.4. The molecule has 170 valence electrons. The third kappa shape index (κ3) is 8.09. The maximum absolute atomic E-state index is 12.4. The number of anilines is 1. The van der Waals surface area contributed by atoms with E-state index in [1.165, 1.54) is 31.0 Å². The fraction of sp³-hybridized carbons (Fsp3) is 0.609. The lowest BCUT2D eigenvalue weighted by Gasteiger charge is -2.34. The molecule has 8 heteroatoms. The number of likely N-dealkylation sites (tertiary alicyclic amines) is 1. The van der Waals surface area contributed by atoms with Crippen molar-refractivity contribution in [1.82, 2.24) is 15.5 Å².